The Bertz CT molecular complexity index is 597. The fourth-order valence-electron chi connectivity index (χ4n) is 1.45. The number of para-hydroxylation sites is 1. The van der Waals surface area contributed by atoms with Crippen molar-refractivity contribution in [2.75, 3.05) is 0 Å². The van der Waals surface area contributed by atoms with Crippen LogP contribution in [-0.2, 0) is 13.0 Å². The lowest BCUT2D eigenvalue weighted by molar-refractivity contribution is 0.0691. The molecule has 1 aromatic carbocycles. The number of halogens is 1. The minimum absolute atomic E-state index is 0.00644. The Morgan fingerprint density at radius 1 is 1.53 bits per heavy atom. The first-order valence-corrected chi connectivity index (χ1v) is 5.95. The average molecular weight is 283 g/mol. The van der Waals surface area contributed by atoms with Crippen LogP contribution < -0.4 is 4.74 Å². The van der Waals surface area contributed by atoms with Crippen LogP contribution in [0.4, 0.5) is 0 Å². The molecule has 0 aliphatic rings. The van der Waals surface area contributed by atoms with E-state index in [1.165, 1.54) is 6.07 Å². The van der Waals surface area contributed by atoms with Crippen LogP contribution in [-0.4, -0.2) is 21.2 Å². The molecule has 0 saturated carbocycles. The van der Waals surface area contributed by atoms with Gasteiger partial charge in [0.15, 0.2) is 12.4 Å². The number of hydrogen-bond acceptors (Lipinski definition) is 5. The summed E-state index contributed by atoms with van der Waals surface area (Å²) < 4.78 is 10.3. The predicted octanol–water partition coefficient (Wildman–Crippen LogP) is 2.56. The second-order valence-electron chi connectivity index (χ2n) is 3.67. The summed E-state index contributed by atoms with van der Waals surface area (Å²) in [4.78, 5) is 15.1. The molecule has 0 bridgehead atoms. The monoisotopic (exact) mass is 282 g/mol. The van der Waals surface area contributed by atoms with Gasteiger partial charge in [0.1, 0.15) is 5.56 Å². The van der Waals surface area contributed by atoms with Crippen molar-refractivity contribution in [2.24, 2.45) is 0 Å². The molecule has 0 unspecified atom stereocenters. The van der Waals surface area contributed by atoms with E-state index >= 15 is 0 Å². The first kappa shape index (κ1) is 13.4. The summed E-state index contributed by atoms with van der Waals surface area (Å²) in [5.41, 5.74) is -0.00768. The Kier molecular flexibility index (Phi) is 4.01. The molecule has 0 amide bonds. The maximum Gasteiger partial charge on any atom is 0.339 e. The largest absolute Gasteiger partial charge is 0.483 e. The van der Waals surface area contributed by atoms with E-state index in [0.29, 0.717) is 18.1 Å². The molecule has 0 atom stereocenters. The van der Waals surface area contributed by atoms with Gasteiger partial charge in [-0.3, -0.25) is 0 Å². The summed E-state index contributed by atoms with van der Waals surface area (Å²) in [6, 6.07) is 4.51. The van der Waals surface area contributed by atoms with Crippen molar-refractivity contribution in [3.05, 3.63) is 40.5 Å². The van der Waals surface area contributed by atoms with E-state index in [1.54, 1.807) is 12.1 Å². The van der Waals surface area contributed by atoms with Crippen LogP contribution in [0.15, 0.2) is 22.7 Å². The zero-order chi connectivity index (χ0) is 13.8. The lowest BCUT2D eigenvalue weighted by Crippen LogP contribution is -2.05. The maximum atomic E-state index is 11.0. The number of carbonyl (C=O) groups is 1. The van der Waals surface area contributed by atoms with Gasteiger partial charge in [0.2, 0.25) is 11.7 Å². The number of aromatic carboxylic acids is 1. The molecule has 7 heteroatoms. The van der Waals surface area contributed by atoms with Gasteiger partial charge in [-0.2, -0.15) is 4.98 Å². The van der Waals surface area contributed by atoms with E-state index in [0.717, 1.165) is 0 Å². The zero-order valence-corrected chi connectivity index (χ0v) is 10.8. The highest BCUT2D eigenvalue weighted by Crippen LogP contribution is 2.29. The van der Waals surface area contributed by atoms with E-state index in [4.69, 9.17) is 26.0 Å². The standard InChI is InChI=1S/C12H11ClN2O4/c1-2-10-14-9(15-19-10)6-18-11-7(12(16)17)4-3-5-8(11)13/h3-5H,2,6H2,1H3,(H,16,17). The Hall–Kier alpha value is -2.08. The fourth-order valence-corrected chi connectivity index (χ4v) is 1.68. The third-order valence-corrected chi connectivity index (χ3v) is 2.65. The molecule has 0 aliphatic carbocycles. The molecule has 2 rings (SSSR count). The highest BCUT2D eigenvalue weighted by molar-refractivity contribution is 6.32. The molecular weight excluding hydrogens is 272 g/mol. The highest BCUT2D eigenvalue weighted by atomic mass is 35.5. The molecule has 1 N–H and O–H groups in total. The molecule has 1 aromatic heterocycles. The summed E-state index contributed by atoms with van der Waals surface area (Å²) in [5, 5.41) is 13.0. The van der Waals surface area contributed by atoms with Gasteiger partial charge in [0.05, 0.1) is 5.02 Å². The maximum absolute atomic E-state index is 11.0. The number of ether oxygens (including phenoxy) is 1. The number of carboxylic acids is 1. The first-order valence-electron chi connectivity index (χ1n) is 5.58. The van der Waals surface area contributed by atoms with Crippen molar-refractivity contribution in [3.8, 4) is 5.75 Å². The molecule has 0 aliphatic heterocycles. The molecule has 19 heavy (non-hydrogen) atoms. The van der Waals surface area contributed by atoms with Gasteiger partial charge >= 0.3 is 5.97 Å². The van der Waals surface area contributed by atoms with E-state index in [1.807, 2.05) is 6.92 Å². The molecule has 0 spiro atoms. The van der Waals surface area contributed by atoms with Crippen LogP contribution in [0, 0.1) is 0 Å². The summed E-state index contributed by atoms with van der Waals surface area (Å²) >= 11 is 5.92. The summed E-state index contributed by atoms with van der Waals surface area (Å²) in [6.07, 6.45) is 0.624. The third-order valence-electron chi connectivity index (χ3n) is 2.36. The van der Waals surface area contributed by atoms with Gasteiger partial charge < -0.3 is 14.4 Å². The summed E-state index contributed by atoms with van der Waals surface area (Å²) in [6.45, 7) is 1.88. The van der Waals surface area contributed by atoms with Crippen molar-refractivity contribution in [1.29, 1.82) is 0 Å². The minimum Gasteiger partial charge on any atom is -0.483 e. The van der Waals surface area contributed by atoms with Crippen molar-refractivity contribution in [2.45, 2.75) is 20.0 Å². The SMILES string of the molecule is CCc1nc(COc2c(Cl)cccc2C(=O)O)no1. The Morgan fingerprint density at radius 3 is 2.95 bits per heavy atom. The number of carboxylic acid groups (broad SMARTS) is 1. The van der Waals surface area contributed by atoms with Gasteiger partial charge in [-0.15, -0.1) is 0 Å². The minimum atomic E-state index is -1.11. The molecule has 1 heterocycles. The van der Waals surface area contributed by atoms with Crippen LogP contribution in [0.2, 0.25) is 5.02 Å². The summed E-state index contributed by atoms with van der Waals surface area (Å²) in [5.74, 6) is -0.177. The van der Waals surface area contributed by atoms with Crippen molar-refractivity contribution in [3.63, 3.8) is 0 Å². The van der Waals surface area contributed by atoms with Crippen LogP contribution in [0.1, 0.15) is 29.0 Å². The van der Waals surface area contributed by atoms with E-state index < -0.39 is 5.97 Å². The fraction of sp³-hybridized carbons (Fsp3) is 0.250. The Labute approximate surface area is 114 Å². The van der Waals surface area contributed by atoms with Crippen molar-refractivity contribution >= 4 is 17.6 Å². The number of benzene rings is 1. The molecular formula is C12H11ClN2O4. The number of nitrogens with zero attached hydrogens (tertiary/aromatic N) is 2. The summed E-state index contributed by atoms with van der Waals surface area (Å²) in [7, 11) is 0. The van der Waals surface area contributed by atoms with E-state index in [9.17, 15) is 4.79 Å². The van der Waals surface area contributed by atoms with Gasteiger partial charge in [-0.05, 0) is 12.1 Å². The normalized spacial score (nSPS) is 10.4. The van der Waals surface area contributed by atoms with Crippen LogP contribution in [0.3, 0.4) is 0 Å². The Morgan fingerprint density at radius 2 is 2.32 bits per heavy atom. The lowest BCUT2D eigenvalue weighted by atomic mass is 10.2. The lowest BCUT2D eigenvalue weighted by Gasteiger charge is -2.08. The topological polar surface area (TPSA) is 85.5 Å². The number of aryl methyl sites for hydroxylation is 1. The van der Waals surface area contributed by atoms with Crippen molar-refractivity contribution in [1.82, 2.24) is 10.1 Å². The first-order chi connectivity index (χ1) is 9.11. The number of hydrogen-bond donors (Lipinski definition) is 1. The molecule has 0 radical (unpaired) electrons. The van der Waals surface area contributed by atoms with Gasteiger partial charge in [0.25, 0.3) is 0 Å². The number of aromatic nitrogens is 2. The molecule has 6 nitrogen and oxygen atoms in total. The van der Waals surface area contributed by atoms with E-state index in [2.05, 4.69) is 10.1 Å². The van der Waals surface area contributed by atoms with Gasteiger partial charge in [0, 0.05) is 6.42 Å². The average Bonchev–Trinajstić information content (AvgIpc) is 2.85. The van der Waals surface area contributed by atoms with Crippen LogP contribution in [0.5, 0.6) is 5.75 Å². The molecule has 2 aromatic rings. The van der Waals surface area contributed by atoms with Gasteiger partial charge in [-0.1, -0.05) is 29.7 Å². The number of rotatable bonds is 5. The molecule has 0 saturated heterocycles. The second kappa shape index (κ2) is 5.71. The van der Waals surface area contributed by atoms with E-state index in [-0.39, 0.29) is 22.9 Å². The quantitative estimate of drug-likeness (QED) is 0.907. The predicted molar refractivity (Wildman–Crippen MR) is 66.4 cm³/mol. The molecule has 100 valence electrons. The van der Waals surface area contributed by atoms with Crippen molar-refractivity contribution < 1.29 is 19.2 Å². The van der Waals surface area contributed by atoms with Gasteiger partial charge in [-0.25, -0.2) is 4.79 Å². The Balaban J connectivity index is 2.17. The second-order valence-corrected chi connectivity index (χ2v) is 4.08. The zero-order valence-electron chi connectivity index (χ0n) is 10.1. The third kappa shape index (κ3) is 3.03. The molecule has 0 fully saturated rings. The smallest absolute Gasteiger partial charge is 0.339 e. The van der Waals surface area contributed by atoms with Crippen LogP contribution in [0.25, 0.3) is 0 Å². The highest BCUT2D eigenvalue weighted by Gasteiger charge is 2.15. The van der Waals surface area contributed by atoms with Crippen LogP contribution >= 0.6 is 11.6 Å².